The summed E-state index contributed by atoms with van der Waals surface area (Å²) < 4.78 is 0. The number of rotatable bonds is 1. The molecule has 19 heavy (non-hydrogen) atoms. The molecule has 1 aliphatic heterocycles. The van der Waals surface area contributed by atoms with Crippen LogP contribution in [0.3, 0.4) is 0 Å². The zero-order chi connectivity index (χ0) is 13.1. The van der Waals surface area contributed by atoms with Crippen LogP contribution in [-0.2, 0) is 12.8 Å². The summed E-state index contributed by atoms with van der Waals surface area (Å²) in [4.78, 5) is 6.99. The summed E-state index contributed by atoms with van der Waals surface area (Å²) in [6, 6.07) is 2.36. The molecule has 3 rings (SSSR count). The SMILES string of the molecule is N#Cc1cnc2c(c1N1CCCCC1)CCCCC2. The molecule has 0 atom stereocenters. The van der Waals surface area contributed by atoms with E-state index in [2.05, 4.69) is 16.0 Å². The topological polar surface area (TPSA) is 39.9 Å². The van der Waals surface area contributed by atoms with Crippen molar-refractivity contribution >= 4 is 5.69 Å². The Labute approximate surface area is 115 Å². The van der Waals surface area contributed by atoms with Gasteiger partial charge in [-0.2, -0.15) is 5.26 Å². The first-order valence-electron chi connectivity index (χ1n) is 7.56. The van der Waals surface area contributed by atoms with Crippen LogP contribution in [0.15, 0.2) is 6.20 Å². The molecule has 0 bridgehead atoms. The molecule has 3 heteroatoms. The summed E-state index contributed by atoms with van der Waals surface area (Å²) in [5.41, 5.74) is 4.62. The molecule has 0 amide bonds. The predicted octanol–water partition coefficient (Wildman–Crippen LogP) is 3.21. The van der Waals surface area contributed by atoms with Gasteiger partial charge < -0.3 is 4.90 Å². The normalized spacial score (nSPS) is 19.4. The Bertz CT molecular complexity index is 495. The molecule has 1 aliphatic carbocycles. The number of fused-ring (bicyclic) bond motifs is 1. The van der Waals surface area contributed by atoms with E-state index >= 15 is 0 Å². The van der Waals surface area contributed by atoms with Gasteiger partial charge in [0.2, 0.25) is 0 Å². The van der Waals surface area contributed by atoms with Gasteiger partial charge in [-0.25, -0.2) is 0 Å². The number of aromatic nitrogens is 1. The molecule has 0 saturated carbocycles. The molecule has 1 fully saturated rings. The number of aryl methyl sites for hydroxylation is 1. The highest BCUT2D eigenvalue weighted by Crippen LogP contribution is 2.33. The lowest BCUT2D eigenvalue weighted by Gasteiger charge is -2.31. The van der Waals surface area contributed by atoms with Crippen LogP contribution in [0.5, 0.6) is 0 Å². The fraction of sp³-hybridized carbons (Fsp3) is 0.625. The van der Waals surface area contributed by atoms with Gasteiger partial charge in [-0.05, 0) is 50.5 Å². The molecule has 1 aromatic heterocycles. The third kappa shape index (κ3) is 2.45. The first-order chi connectivity index (χ1) is 9.40. The molecule has 1 aromatic rings. The van der Waals surface area contributed by atoms with Crippen molar-refractivity contribution in [3.8, 4) is 6.07 Å². The standard InChI is InChI=1S/C16H21N3/c17-11-13-12-18-15-8-4-1-3-7-14(15)16(13)19-9-5-2-6-10-19/h12H,1-10H2. The van der Waals surface area contributed by atoms with Crippen LogP contribution >= 0.6 is 0 Å². The van der Waals surface area contributed by atoms with Crippen LogP contribution in [0.25, 0.3) is 0 Å². The van der Waals surface area contributed by atoms with E-state index < -0.39 is 0 Å². The maximum Gasteiger partial charge on any atom is 0.103 e. The molecule has 2 aliphatic rings. The minimum atomic E-state index is 0.780. The van der Waals surface area contributed by atoms with Crippen molar-refractivity contribution in [2.45, 2.75) is 51.4 Å². The number of pyridine rings is 1. The van der Waals surface area contributed by atoms with E-state index in [1.165, 1.54) is 55.5 Å². The molecule has 0 aromatic carbocycles. The quantitative estimate of drug-likeness (QED) is 0.723. The number of nitrogens with zero attached hydrogens (tertiary/aromatic N) is 3. The van der Waals surface area contributed by atoms with Crippen molar-refractivity contribution in [2.75, 3.05) is 18.0 Å². The number of hydrogen-bond donors (Lipinski definition) is 0. The van der Waals surface area contributed by atoms with Crippen LogP contribution in [0.4, 0.5) is 5.69 Å². The summed E-state index contributed by atoms with van der Waals surface area (Å²) in [5.74, 6) is 0. The van der Waals surface area contributed by atoms with Crippen LogP contribution in [0.2, 0.25) is 0 Å². The summed E-state index contributed by atoms with van der Waals surface area (Å²) >= 11 is 0. The lowest BCUT2D eigenvalue weighted by atomic mass is 10.00. The molecule has 3 nitrogen and oxygen atoms in total. The summed E-state index contributed by atoms with van der Waals surface area (Å²) in [6.07, 6.45) is 11.6. The summed E-state index contributed by atoms with van der Waals surface area (Å²) in [6.45, 7) is 2.20. The van der Waals surface area contributed by atoms with Crippen LogP contribution in [0, 0.1) is 11.3 Å². The van der Waals surface area contributed by atoms with E-state index in [1.807, 2.05) is 0 Å². The van der Waals surface area contributed by atoms with Crippen molar-refractivity contribution in [2.24, 2.45) is 0 Å². The Morgan fingerprint density at radius 1 is 1.00 bits per heavy atom. The Balaban J connectivity index is 2.06. The van der Waals surface area contributed by atoms with Gasteiger partial charge in [-0.1, -0.05) is 6.42 Å². The second-order valence-electron chi connectivity index (χ2n) is 5.67. The van der Waals surface area contributed by atoms with Crippen LogP contribution < -0.4 is 4.90 Å². The summed E-state index contributed by atoms with van der Waals surface area (Å²) in [7, 11) is 0. The zero-order valence-corrected chi connectivity index (χ0v) is 11.5. The highest BCUT2D eigenvalue weighted by molar-refractivity contribution is 5.65. The number of hydrogen-bond acceptors (Lipinski definition) is 3. The number of piperidine rings is 1. The highest BCUT2D eigenvalue weighted by atomic mass is 15.1. The van der Waals surface area contributed by atoms with Crippen LogP contribution in [0.1, 0.15) is 55.3 Å². The largest absolute Gasteiger partial charge is 0.370 e. The number of anilines is 1. The Hall–Kier alpha value is -1.56. The van der Waals surface area contributed by atoms with E-state index in [0.717, 1.165) is 31.5 Å². The smallest absolute Gasteiger partial charge is 0.103 e. The van der Waals surface area contributed by atoms with Gasteiger partial charge in [0.05, 0.1) is 11.3 Å². The third-order valence-electron chi connectivity index (χ3n) is 4.37. The zero-order valence-electron chi connectivity index (χ0n) is 11.5. The predicted molar refractivity (Wildman–Crippen MR) is 76.3 cm³/mol. The highest BCUT2D eigenvalue weighted by Gasteiger charge is 2.22. The van der Waals surface area contributed by atoms with Crippen molar-refractivity contribution in [3.63, 3.8) is 0 Å². The molecule has 0 unspecified atom stereocenters. The van der Waals surface area contributed by atoms with Gasteiger partial charge in [0.1, 0.15) is 6.07 Å². The first kappa shape index (κ1) is 12.5. The van der Waals surface area contributed by atoms with Gasteiger partial charge in [0.25, 0.3) is 0 Å². The second kappa shape index (κ2) is 5.61. The minimum Gasteiger partial charge on any atom is -0.370 e. The fourth-order valence-corrected chi connectivity index (χ4v) is 3.39. The van der Waals surface area contributed by atoms with Gasteiger partial charge in [-0.3, -0.25) is 4.98 Å². The van der Waals surface area contributed by atoms with Crippen molar-refractivity contribution in [3.05, 3.63) is 23.0 Å². The molecule has 1 saturated heterocycles. The Morgan fingerprint density at radius 2 is 1.74 bits per heavy atom. The van der Waals surface area contributed by atoms with E-state index in [1.54, 1.807) is 6.20 Å². The molecule has 0 radical (unpaired) electrons. The van der Waals surface area contributed by atoms with Gasteiger partial charge >= 0.3 is 0 Å². The number of nitriles is 1. The average molecular weight is 255 g/mol. The Kier molecular flexibility index (Phi) is 3.68. The van der Waals surface area contributed by atoms with Gasteiger partial charge in [0.15, 0.2) is 0 Å². The van der Waals surface area contributed by atoms with Gasteiger partial charge in [-0.15, -0.1) is 0 Å². The van der Waals surface area contributed by atoms with Crippen molar-refractivity contribution < 1.29 is 0 Å². The van der Waals surface area contributed by atoms with E-state index in [0.29, 0.717) is 0 Å². The maximum absolute atomic E-state index is 9.40. The minimum absolute atomic E-state index is 0.780. The lowest BCUT2D eigenvalue weighted by molar-refractivity contribution is 0.575. The van der Waals surface area contributed by atoms with E-state index in [9.17, 15) is 5.26 Å². The van der Waals surface area contributed by atoms with E-state index in [4.69, 9.17) is 0 Å². The molecular formula is C16H21N3. The monoisotopic (exact) mass is 255 g/mol. The molecule has 2 heterocycles. The van der Waals surface area contributed by atoms with Crippen molar-refractivity contribution in [1.82, 2.24) is 4.98 Å². The Morgan fingerprint density at radius 3 is 2.53 bits per heavy atom. The molecule has 0 spiro atoms. The third-order valence-corrected chi connectivity index (χ3v) is 4.37. The van der Waals surface area contributed by atoms with E-state index in [-0.39, 0.29) is 0 Å². The fourth-order valence-electron chi connectivity index (χ4n) is 3.39. The second-order valence-corrected chi connectivity index (χ2v) is 5.67. The molecular weight excluding hydrogens is 234 g/mol. The van der Waals surface area contributed by atoms with Gasteiger partial charge in [0, 0.05) is 25.0 Å². The average Bonchev–Trinajstić information content (AvgIpc) is 2.72. The first-order valence-corrected chi connectivity index (χ1v) is 7.56. The molecule has 100 valence electrons. The maximum atomic E-state index is 9.40. The molecule has 0 N–H and O–H groups in total. The summed E-state index contributed by atoms with van der Waals surface area (Å²) in [5, 5.41) is 9.40. The lowest BCUT2D eigenvalue weighted by Crippen LogP contribution is -2.31. The van der Waals surface area contributed by atoms with Crippen LogP contribution in [-0.4, -0.2) is 18.1 Å². The van der Waals surface area contributed by atoms with Crippen molar-refractivity contribution in [1.29, 1.82) is 5.26 Å².